The van der Waals surface area contributed by atoms with Gasteiger partial charge < -0.3 is 14.2 Å². The first-order valence-corrected chi connectivity index (χ1v) is 8.88. The van der Waals surface area contributed by atoms with Gasteiger partial charge in [-0.2, -0.15) is 5.10 Å². The van der Waals surface area contributed by atoms with E-state index < -0.39 is 0 Å². The maximum absolute atomic E-state index is 11.9. The lowest BCUT2D eigenvalue weighted by atomic mass is 10.4. The summed E-state index contributed by atoms with van der Waals surface area (Å²) in [5, 5.41) is 15.4. The van der Waals surface area contributed by atoms with Crippen LogP contribution in [0.3, 0.4) is 0 Å². The third-order valence-corrected chi connectivity index (χ3v) is 4.26. The molecule has 0 aliphatic heterocycles. The Morgan fingerprint density at radius 3 is 2.96 bits per heavy atom. The van der Waals surface area contributed by atoms with Crippen LogP contribution < -0.4 is 5.32 Å². The van der Waals surface area contributed by atoms with E-state index in [9.17, 15) is 4.79 Å². The van der Waals surface area contributed by atoms with Crippen LogP contribution >= 0.6 is 11.8 Å². The lowest BCUT2D eigenvalue weighted by Gasteiger charge is -2.06. The third kappa shape index (κ3) is 4.72. The second kappa shape index (κ2) is 8.02. The second-order valence-corrected chi connectivity index (χ2v) is 6.42. The monoisotopic (exact) mass is 361 g/mol. The smallest absolute Gasteiger partial charge is 0.284 e. The summed E-state index contributed by atoms with van der Waals surface area (Å²) in [6.07, 6.45) is 2.35. The van der Waals surface area contributed by atoms with Crippen molar-refractivity contribution >= 4 is 17.7 Å². The summed E-state index contributed by atoms with van der Waals surface area (Å²) in [6.45, 7) is 5.37. The number of hydrogen-bond acceptors (Lipinski definition) is 7. The van der Waals surface area contributed by atoms with Crippen LogP contribution in [0.5, 0.6) is 0 Å². The van der Waals surface area contributed by atoms with Crippen LogP contribution in [0.1, 0.15) is 17.8 Å². The molecule has 0 aliphatic carbocycles. The quantitative estimate of drug-likeness (QED) is 0.486. The minimum absolute atomic E-state index is 0.0730. The van der Waals surface area contributed by atoms with Gasteiger partial charge in [-0.15, -0.1) is 10.2 Å². The van der Waals surface area contributed by atoms with Gasteiger partial charge in [-0.05, 0) is 38.5 Å². The number of nitrogens with one attached hydrogen (secondary N) is 1. The highest BCUT2D eigenvalue weighted by atomic mass is 32.2. The van der Waals surface area contributed by atoms with E-state index >= 15 is 0 Å². The molecule has 0 radical (unpaired) electrons. The lowest BCUT2D eigenvalue weighted by Crippen LogP contribution is -2.27. The number of nitrogens with zero attached hydrogens (tertiary/aromatic N) is 4. The topological polar surface area (TPSA) is 99.0 Å². The molecule has 3 aromatic heterocycles. The zero-order chi connectivity index (χ0) is 17.6. The maximum Gasteiger partial charge on any atom is 0.284 e. The number of rotatable bonds is 8. The third-order valence-electron chi connectivity index (χ3n) is 3.44. The van der Waals surface area contributed by atoms with Crippen molar-refractivity contribution in [3.63, 3.8) is 0 Å². The molecule has 0 aliphatic rings. The fraction of sp³-hybridized carbons (Fsp3) is 0.375. The highest BCUT2D eigenvalue weighted by Crippen LogP contribution is 2.23. The van der Waals surface area contributed by atoms with Gasteiger partial charge in [-0.25, -0.2) is 0 Å². The molecule has 0 atom stereocenters. The number of aromatic nitrogens is 4. The number of hydrogen-bond donors (Lipinski definition) is 1. The van der Waals surface area contributed by atoms with E-state index in [-0.39, 0.29) is 11.7 Å². The SMILES string of the molecule is Cc1cc(C)n(CCCNC(=O)CSc2nnc(-c3ccco3)o2)n1. The van der Waals surface area contributed by atoms with Gasteiger partial charge in [-0.3, -0.25) is 9.48 Å². The summed E-state index contributed by atoms with van der Waals surface area (Å²) in [5.41, 5.74) is 2.13. The van der Waals surface area contributed by atoms with Crippen molar-refractivity contribution in [2.75, 3.05) is 12.3 Å². The van der Waals surface area contributed by atoms with Gasteiger partial charge >= 0.3 is 0 Å². The maximum atomic E-state index is 11.9. The standard InChI is InChI=1S/C16H19N5O3S/c1-11-9-12(2)21(20-11)7-4-6-17-14(22)10-25-16-19-18-15(24-16)13-5-3-8-23-13/h3,5,8-9H,4,6-7,10H2,1-2H3,(H,17,22). The fourth-order valence-corrected chi connectivity index (χ4v) is 2.90. The van der Waals surface area contributed by atoms with Crippen LogP contribution in [0.2, 0.25) is 0 Å². The van der Waals surface area contributed by atoms with E-state index in [1.807, 2.05) is 24.6 Å². The van der Waals surface area contributed by atoms with Gasteiger partial charge in [0, 0.05) is 18.8 Å². The molecular formula is C16H19N5O3S. The highest BCUT2D eigenvalue weighted by molar-refractivity contribution is 7.99. The number of amides is 1. The summed E-state index contributed by atoms with van der Waals surface area (Å²) in [4.78, 5) is 11.9. The van der Waals surface area contributed by atoms with Crippen molar-refractivity contribution < 1.29 is 13.6 Å². The Hall–Kier alpha value is -2.55. The average molecular weight is 361 g/mol. The van der Waals surface area contributed by atoms with E-state index in [1.54, 1.807) is 12.1 Å². The van der Waals surface area contributed by atoms with Crippen molar-refractivity contribution in [3.05, 3.63) is 35.9 Å². The van der Waals surface area contributed by atoms with E-state index in [0.29, 0.717) is 23.4 Å². The number of carbonyl (C=O) groups is 1. The molecule has 0 spiro atoms. The van der Waals surface area contributed by atoms with Gasteiger partial charge in [0.1, 0.15) is 0 Å². The first-order chi connectivity index (χ1) is 12.1. The zero-order valence-corrected chi connectivity index (χ0v) is 14.9. The van der Waals surface area contributed by atoms with Crippen molar-refractivity contribution in [1.29, 1.82) is 0 Å². The minimum atomic E-state index is -0.0730. The van der Waals surface area contributed by atoms with Crippen LogP contribution in [-0.2, 0) is 11.3 Å². The van der Waals surface area contributed by atoms with Gasteiger partial charge in [0.05, 0.1) is 17.7 Å². The second-order valence-electron chi connectivity index (χ2n) is 5.49. The summed E-state index contributed by atoms with van der Waals surface area (Å²) in [5.74, 6) is 0.960. The molecule has 1 N–H and O–H groups in total. The summed E-state index contributed by atoms with van der Waals surface area (Å²) in [7, 11) is 0. The average Bonchev–Trinajstić information content (AvgIpc) is 3.31. The number of thioether (sulfide) groups is 1. The molecule has 0 bridgehead atoms. The zero-order valence-electron chi connectivity index (χ0n) is 14.1. The Balaban J connectivity index is 1.36. The molecule has 0 fully saturated rings. The van der Waals surface area contributed by atoms with Crippen LogP contribution in [0.15, 0.2) is 38.5 Å². The lowest BCUT2D eigenvalue weighted by molar-refractivity contribution is -0.118. The van der Waals surface area contributed by atoms with Crippen molar-refractivity contribution in [1.82, 2.24) is 25.3 Å². The van der Waals surface area contributed by atoms with Gasteiger partial charge in [0.25, 0.3) is 11.1 Å². The Labute approximate surface area is 149 Å². The molecule has 9 heteroatoms. The van der Waals surface area contributed by atoms with Crippen LogP contribution in [-0.4, -0.2) is 38.2 Å². The van der Waals surface area contributed by atoms with Gasteiger partial charge in [0.2, 0.25) is 5.91 Å². The van der Waals surface area contributed by atoms with Crippen molar-refractivity contribution in [2.45, 2.75) is 32.0 Å². The number of furan rings is 1. The summed E-state index contributed by atoms with van der Waals surface area (Å²) in [6, 6.07) is 5.51. The molecule has 0 saturated heterocycles. The Morgan fingerprint density at radius 1 is 1.36 bits per heavy atom. The summed E-state index contributed by atoms with van der Waals surface area (Å²) >= 11 is 1.20. The van der Waals surface area contributed by atoms with Gasteiger partial charge in [0.15, 0.2) is 5.76 Å². The molecule has 25 heavy (non-hydrogen) atoms. The first-order valence-electron chi connectivity index (χ1n) is 7.90. The molecule has 0 aromatic carbocycles. The molecule has 0 saturated carbocycles. The van der Waals surface area contributed by atoms with E-state index in [4.69, 9.17) is 8.83 Å². The minimum Gasteiger partial charge on any atom is -0.459 e. The molecular weight excluding hydrogens is 342 g/mol. The van der Waals surface area contributed by atoms with E-state index in [1.165, 1.54) is 18.0 Å². The molecule has 3 heterocycles. The van der Waals surface area contributed by atoms with Crippen LogP contribution in [0, 0.1) is 13.8 Å². The largest absolute Gasteiger partial charge is 0.459 e. The number of carbonyl (C=O) groups excluding carboxylic acids is 1. The van der Waals surface area contributed by atoms with Crippen molar-refractivity contribution in [3.8, 4) is 11.7 Å². The van der Waals surface area contributed by atoms with Gasteiger partial charge in [-0.1, -0.05) is 11.8 Å². The first kappa shape index (κ1) is 17.3. The Morgan fingerprint density at radius 2 is 2.24 bits per heavy atom. The number of aryl methyl sites for hydroxylation is 3. The van der Waals surface area contributed by atoms with E-state index in [0.717, 1.165) is 24.4 Å². The Bertz CT molecular complexity index is 825. The predicted octanol–water partition coefficient (Wildman–Crippen LogP) is 2.44. The molecule has 132 valence electrons. The molecule has 8 nitrogen and oxygen atoms in total. The van der Waals surface area contributed by atoms with E-state index in [2.05, 4.69) is 20.6 Å². The summed E-state index contributed by atoms with van der Waals surface area (Å²) < 4.78 is 12.6. The Kier molecular flexibility index (Phi) is 5.54. The normalized spacial score (nSPS) is 11.0. The highest BCUT2D eigenvalue weighted by Gasteiger charge is 2.12. The molecule has 3 aromatic rings. The molecule has 0 unspecified atom stereocenters. The predicted molar refractivity (Wildman–Crippen MR) is 92.1 cm³/mol. The van der Waals surface area contributed by atoms with Crippen molar-refractivity contribution in [2.24, 2.45) is 0 Å². The molecule has 1 amide bonds. The molecule has 3 rings (SSSR count). The van der Waals surface area contributed by atoms with Crippen LogP contribution in [0.25, 0.3) is 11.7 Å². The van der Waals surface area contributed by atoms with Crippen LogP contribution in [0.4, 0.5) is 0 Å². The fourth-order valence-electron chi connectivity index (χ4n) is 2.30.